The molecule has 0 spiro atoms. The maximum Gasteiger partial charge on any atom is 0.192 e. The first kappa shape index (κ1) is 17.9. The third-order valence-corrected chi connectivity index (χ3v) is 10.00. The molecule has 2 atom stereocenters. The highest BCUT2D eigenvalue weighted by atomic mass is 28.4. The van der Waals surface area contributed by atoms with Gasteiger partial charge in [-0.1, -0.05) is 48.0 Å². The Morgan fingerprint density at radius 2 is 1.75 bits per heavy atom. The van der Waals surface area contributed by atoms with Crippen LogP contribution in [0.3, 0.4) is 0 Å². The molecule has 0 amide bonds. The van der Waals surface area contributed by atoms with E-state index in [0.29, 0.717) is 12.3 Å². The number of hydrogen-bond donors (Lipinski definition) is 0. The Balaban J connectivity index is 3.13. The summed E-state index contributed by atoms with van der Waals surface area (Å²) < 4.78 is 6.84. The van der Waals surface area contributed by atoms with E-state index in [1.807, 2.05) is 0 Å². The Kier molecular flexibility index (Phi) is 4.98. The molecule has 0 unspecified atom stereocenters. The van der Waals surface area contributed by atoms with Gasteiger partial charge in [0.1, 0.15) is 6.29 Å². The first-order chi connectivity index (χ1) is 8.86. The molecule has 0 heterocycles. The van der Waals surface area contributed by atoms with Gasteiger partial charge in [0.25, 0.3) is 0 Å². The van der Waals surface area contributed by atoms with Crippen LogP contribution in [0.5, 0.6) is 0 Å². The maximum atomic E-state index is 11.3. The molecule has 3 heteroatoms. The van der Waals surface area contributed by atoms with E-state index >= 15 is 0 Å². The molecule has 1 rings (SSSR count). The number of rotatable bonds is 4. The second kappa shape index (κ2) is 5.56. The first-order valence-corrected chi connectivity index (χ1v) is 10.9. The van der Waals surface area contributed by atoms with E-state index in [9.17, 15) is 4.79 Å². The Bertz CT molecular complexity index is 349. The van der Waals surface area contributed by atoms with Crippen LogP contribution in [0.25, 0.3) is 0 Å². The molecule has 0 aromatic carbocycles. The molecule has 0 bridgehead atoms. The summed E-state index contributed by atoms with van der Waals surface area (Å²) in [7, 11) is -1.86. The van der Waals surface area contributed by atoms with Gasteiger partial charge in [-0.3, -0.25) is 0 Å². The smallest absolute Gasteiger partial charge is 0.192 e. The summed E-state index contributed by atoms with van der Waals surface area (Å²) in [6, 6.07) is 0. The lowest BCUT2D eigenvalue weighted by atomic mass is 9.71. The van der Waals surface area contributed by atoms with Gasteiger partial charge in [-0.05, 0) is 42.3 Å². The predicted octanol–water partition coefficient (Wildman–Crippen LogP) is 5.18. The monoisotopic (exact) mass is 298 g/mol. The van der Waals surface area contributed by atoms with Gasteiger partial charge < -0.3 is 9.22 Å². The Morgan fingerprint density at radius 3 is 2.15 bits per heavy atom. The average molecular weight is 299 g/mol. The van der Waals surface area contributed by atoms with Crippen molar-refractivity contribution in [3.8, 4) is 0 Å². The van der Waals surface area contributed by atoms with E-state index in [1.165, 1.54) is 12.8 Å². The van der Waals surface area contributed by atoms with Gasteiger partial charge in [-0.2, -0.15) is 0 Å². The molecular weight excluding hydrogens is 264 g/mol. The summed E-state index contributed by atoms with van der Waals surface area (Å²) in [5.41, 5.74) is -0.0229. The van der Waals surface area contributed by atoms with Crippen LogP contribution in [0.2, 0.25) is 18.1 Å². The zero-order valence-corrected chi connectivity index (χ0v) is 15.8. The molecule has 20 heavy (non-hydrogen) atoms. The van der Waals surface area contributed by atoms with Gasteiger partial charge in [-0.25, -0.2) is 0 Å². The van der Waals surface area contributed by atoms with Gasteiger partial charge in [0.15, 0.2) is 8.32 Å². The van der Waals surface area contributed by atoms with E-state index in [4.69, 9.17) is 4.43 Å². The number of aldehydes is 1. The van der Waals surface area contributed by atoms with Crippen LogP contribution in [0.4, 0.5) is 0 Å². The average Bonchev–Trinajstić information content (AvgIpc) is 2.58. The molecule has 1 aliphatic rings. The molecule has 0 radical (unpaired) electrons. The van der Waals surface area contributed by atoms with Crippen LogP contribution in [-0.4, -0.2) is 20.2 Å². The summed E-state index contributed by atoms with van der Waals surface area (Å²) in [6.07, 6.45) is 5.05. The molecule has 1 saturated carbocycles. The quantitative estimate of drug-likeness (QED) is 0.528. The fourth-order valence-electron chi connectivity index (χ4n) is 3.48. The van der Waals surface area contributed by atoms with Crippen LogP contribution in [0.15, 0.2) is 0 Å². The SMILES string of the molecule is CC(C)(C)[C@H]1CCC[C@]1(CC=O)O[Si](C)(C)C(C)(C)C. The van der Waals surface area contributed by atoms with Crippen molar-refractivity contribution in [3.05, 3.63) is 0 Å². The lowest BCUT2D eigenvalue weighted by molar-refractivity contribution is -0.115. The van der Waals surface area contributed by atoms with Crippen molar-refractivity contribution >= 4 is 14.6 Å². The number of carbonyl (C=O) groups is 1. The molecule has 1 aliphatic carbocycles. The van der Waals surface area contributed by atoms with Gasteiger partial charge in [0.05, 0.1) is 5.60 Å². The van der Waals surface area contributed by atoms with Gasteiger partial charge in [0, 0.05) is 6.42 Å². The predicted molar refractivity (Wildman–Crippen MR) is 88.5 cm³/mol. The van der Waals surface area contributed by atoms with Crippen molar-refractivity contribution < 1.29 is 9.22 Å². The lowest BCUT2D eigenvalue weighted by Crippen LogP contribution is -2.53. The largest absolute Gasteiger partial charge is 0.411 e. The lowest BCUT2D eigenvalue weighted by Gasteiger charge is -2.49. The van der Waals surface area contributed by atoms with Crippen molar-refractivity contribution in [1.29, 1.82) is 0 Å². The van der Waals surface area contributed by atoms with Crippen LogP contribution < -0.4 is 0 Å². The fourth-order valence-corrected chi connectivity index (χ4v) is 5.13. The van der Waals surface area contributed by atoms with Crippen LogP contribution >= 0.6 is 0 Å². The molecule has 118 valence electrons. The fraction of sp³-hybridized carbons (Fsp3) is 0.941. The Morgan fingerprint density at radius 1 is 1.20 bits per heavy atom. The molecule has 0 saturated heterocycles. The van der Waals surface area contributed by atoms with Crippen molar-refractivity contribution in [3.63, 3.8) is 0 Å². The van der Waals surface area contributed by atoms with Gasteiger partial charge in [-0.15, -0.1) is 0 Å². The highest BCUT2D eigenvalue weighted by Gasteiger charge is 2.53. The minimum absolute atomic E-state index is 0.188. The van der Waals surface area contributed by atoms with Crippen molar-refractivity contribution in [2.75, 3.05) is 0 Å². The third-order valence-electron chi connectivity index (χ3n) is 5.47. The summed E-state index contributed by atoms with van der Waals surface area (Å²) in [5, 5.41) is 0.188. The molecule has 0 aliphatic heterocycles. The summed E-state index contributed by atoms with van der Waals surface area (Å²) in [6.45, 7) is 18.3. The maximum absolute atomic E-state index is 11.3. The number of hydrogen-bond acceptors (Lipinski definition) is 2. The Labute approximate surface area is 126 Å². The summed E-state index contributed by atoms with van der Waals surface area (Å²) in [4.78, 5) is 11.3. The van der Waals surface area contributed by atoms with E-state index in [0.717, 1.165) is 12.7 Å². The second-order valence-electron chi connectivity index (χ2n) is 9.11. The molecular formula is C17H34O2Si. The zero-order valence-electron chi connectivity index (χ0n) is 14.8. The molecule has 0 aromatic heterocycles. The summed E-state index contributed by atoms with van der Waals surface area (Å²) in [5.74, 6) is 0.481. The standard InChI is InChI=1S/C17H34O2Si/c1-15(2,3)14-10-9-11-17(14,12-13-18)19-20(7,8)16(4,5)6/h13-14H,9-12H2,1-8H3/t14-,17-/m1/s1. The first-order valence-electron chi connectivity index (χ1n) is 7.99. The van der Waals surface area contributed by atoms with E-state index in [2.05, 4.69) is 54.6 Å². The highest BCUT2D eigenvalue weighted by Crippen LogP contribution is 2.53. The van der Waals surface area contributed by atoms with Gasteiger partial charge >= 0.3 is 0 Å². The Hall–Kier alpha value is -0.153. The van der Waals surface area contributed by atoms with Crippen molar-refractivity contribution in [2.24, 2.45) is 11.3 Å². The topological polar surface area (TPSA) is 26.3 Å². The van der Waals surface area contributed by atoms with Crippen LogP contribution in [0, 0.1) is 11.3 Å². The minimum Gasteiger partial charge on any atom is -0.411 e. The van der Waals surface area contributed by atoms with Gasteiger partial charge in [0.2, 0.25) is 0 Å². The summed E-state index contributed by atoms with van der Waals surface area (Å²) >= 11 is 0. The normalized spacial score (nSPS) is 28.7. The zero-order chi connectivity index (χ0) is 15.8. The highest BCUT2D eigenvalue weighted by molar-refractivity contribution is 6.74. The minimum atomic E-state index is -1.86. The molecule has 0 N–H and O–H groups in total. The van der Waals surface area contributed by atoms with E-state index in [-0.39, 0.29) is 16.1 Å². The van der Waals surface area contributed by atoms with E-state index in [1.54, 1.807) is 0 Å². The third kappa shape index (κ3) is 3.54. The number of carbonyl (C=O) groups excluding carboxylic acids is 1. The van der Waals surface area contributed by atoms with Crippen molar-refractivity contribution in [1.82, 2.24) is 0 Å². The van der Waals surface area contributed by atoms with Crippen LogP contribution in [0.1, 0.15) is 67.2 Å². The molecule has 2 nitrogen and oxygen atoms in total. The van der Waals surface area contributed by atoms with E-state index < -0.39 is 8.32 Å². The second-order valence-corrected chi connectivity index (χ2v) is 13.8. The molecule has 1 fully saturated rings. The van der Waals surface area contributed by atoms with Crippen LogP contribution in [-0.2, 0) is 9.22 Å². The van der Waals surface area contributed by atoms with Crippen molar-refractivity contribution in [2.45, 2.75) is 91.0 Å². The molecule has 0 aromatic rings.